The first-order valence-corrected chi connectivity index (χ1v) is 8.03. The third kappa shape index (κ3) is 2.63. The first kappa shape index (κ1) is 14.1. The van der Waals surface area contributed by atoms with Crippen LogP contribution < -0.4 is 0 Å². The molecule has 0 N–H and O–H groups in total. The van der Waals surface area contributed by atoms with Crippen LogP contribution in [0.2, 0.25) is 0 Å². The van der Waals surface area contributed by atoms with Gasteiger partial charge in [-0.1, -0.05) is 6.07 Å². The van der Waals surface area contributed by atoms with E-state index >= 15 is 0 Å². The summed E-state index contributed by atoms with van der Waals surface area (Å²) in [4.78, 5) is 18.9. The van der Waals surface area contributed by atoms with Crippen LogP contribution in [0.1, 0.15) is 22.6 Å². The van der Waals surface area contributed by atoms with Gasteiger partial charge in [0.2, 0.25) is 0 Å². The van der Waals surface area contributed by atoms with E-state index in [0.717, 1.165) is 42.8 Å². The number of rotatable bonds is 3. The Hall–Kier alpha value is -2.56. The van der Waals surface area contributed by atoms with Crippen LogP contribution in [0.15, 0.2) is 49.1 Å². The van der Waals surface area contributed by atoms with E-state index < -0.39 is 0 Å². The lowest BCUT2D eigenvalue weighted by molar-refractivity contribution is 0.0764. The summed E-state index contributed by atoms with van der Waals surface area (Å²) in [5.74, 6) is 1.70. The van der Waals surface area contributed by atoms with Gasteiger partial charge in [-0.2, -0.15) is 0 Å². The van der Waals surface area contributed by atoms with E-state index in [1.165, 1.54) is 0 Å². The number of carbonyl (C=O) groups excluding carboxylic acids is 1. The third-order valence-corrected chi connectivity index (χ3v) is 4.68. The van der Waals surface area contributed by atoms with Crippen molar-refractivity contribution in [2.45, 2.75) is 19.4 Å². The summed E-state index contributed by atoms with van der Waals surface area (Å²) in [6, 6.07) is 7.91. The van der Waals surface area contributed by atoms with Gasteiger partial charge in [0.1, 0.15) is 5.82 Å². The van der Waals surface area contributed by atoms with Crippen molar-refractivity contribution in [3.05, 3.63) is 60.4 Å². The standard InChI is InChI=1S/C18H20N4O/c1-20(12-14-5-8-21-9-6-19-17(21)10-14)18(23)15-11-16-4-2-3-7-22(16)13-15/h2-4,6-7,9,11,13-14H,5,8,10,12H2,1H3. The molecule has 1 aliphatic heterocycles. The molecule has 1 unspecified atom stereocenters. The zero-order valence-electron chi connectivity index (χ0n) is 13.2. The molecule has 3 aromatic heterocycles. The molecule has 1 aliphatic rings. The van der Waals surface area contributed by atoms with Crippen molar-refractivity contribution >= 4 is 11.4 Å². The third-order valence-electron chi connectivity index (χ3n) is 4.68. The van der Waals surface area contributed by atoms with Crippen LogP contribution in [0.3, 0.4) is 0 Å². The Kier molecular flexibility index (Phi) is 3.41. The molecule has 5 nitrogen and oxygen atoms in total. The van der Waals surface area contributed by atoms with Gasteiger partial charge >= 0.3 is 0 Å². The molecule has 1 atom stereocenters. The highest BCUT2D eigenvalue weighted by Gasteiger charge is 2.23. The monoisotopic (exact) mass is 308 g/mol. The van der Waals surface area contributed by atoms with Gasteiger partial charge in [0.05, 0.1) is 5.56 Å². The molecule has 0 saturated heterocycles. The normalized spacial score (nSPS) is 17.2. The number of amides is 1. The van der Waals surface area contributed by atoms with Gasteiger partial charge in [-0.25, -0.2) is 4.98 Å². The molecule has 0 spiro atoms. The Labute approximate surface area is 135 Å². The zero-order valence-corrected chi connectivity index (χ0v) is 13.2. The maximum atomic E-state index is 12.7. The Bertz CT molecular complexity index is 814. The number of aromatic nitrogens is 3. The highest BCUT2D eigenvalue weighted by molar-refractivity contribution is 5.95. The number of aryl methyl sites for hydroxylation is 1. The van der Waals surface area contributed by atoms with Crippen LogP contribution in [0.4, 0.5) is 0 Å². The number of imidazole rings is 1. The molecular formula is C18H20N4O. The number of hydrogen-bond donors (Lipinski definition) is 0. The molecule has 0 saturated carbocycles. The zero-order chi connectivity index (χ0) is 15.8. The van der Waals surface area contributed by atoms with Crippen LogP contribution in [0.5, 0.6) is 0 Å². The molecule has 4 rings (SSSR count). The minimum absolute atomic E-state index is 0.0858. The van der Waals surface area contributed by atoms with E-state index in [1.807, 2.05) is 65.4 Å². The number of nitrogens with zero attached hydrogens (tertiary/aromatic N) is 4. The van der Waals surface area contributed by atoms with E-state index in [2.05, 4.69) is 9.55 Å². The van der Waals surface area contributed by atoms with Crippen LogP contribution in [0, 0.1) is 5.92 Å². The second kappa shape index (κ2) is 5.57. The van der Waals surface area contributed by atoms with E-state index in [1.54, 1.807) is 0 Å². The lowest BCUT2D eigenvalue weighted by Crippen LogP contribution is -2.34. The Balaban J connectivity index is 1.46. The Morgan fingerprint density at radius 3 is 3.17 bits per heavy atom. The highest BCUT2D eigenvalue weighted by Crippen LogP contribution is 2.21. The highest BCUT2D eigenvalue weighted by atomic mass is 16.2. The molecule has 0 aliphatic carbocycles. The maximum absolute atomic E-state index is 12.7. The van der Waals surface area contributed by atoms with Crippen molar-refractivity contribution < 1.29 is 4.79 Å². The molecule has 1 amide bonds. The fourth-order valence-electron chi connectivity index (χ4n) is 3.43. The molecule has 0 aromatic carbocycles. The van der Waals surface area contributed by atoms with Crippen molar-refractivity contribution in [1.82, 2.24) is 18.9 Å². The van der Waals surface area contributed by atoms with Gasteiger partial charge in [-0.15, -0.1) is 0 Å². The fourth-order valence-corrected chi connectivity index (χ4v) is 3.43. The first-order chi connectivity index (χ1) is 11.2. The molecule has 0 fully saturated rings. The summed E-state index contributed by atoms with van der Waals surface area (Å²) < 4.78 is 4.19. The number of hydrogen-bond acceptors (Lipinski definition) is 2. The molecule has 0 radical (unpaired) electrons. The van der Waals surface area contributed by atoms with Gasteiger partial charge in [0.25, 0.3) is 5.91 Å². The van der Waals surface area contributed by atoms with E-state index in [0.29, 0.717) is 5.92 Å². The number of pyridine rings is 1. The minimum atomic E-state index is 0.0858. The Morgan fingerprint density at radius 2 is 2.30 bits per heavy atom. The van der Waals surface area contributed by atoms with Crippen molar-refractivity contribution in [3.8, 4) is 0 Å². The van der Waals surface area contributed by atoms with Gasteiger partial charge in [0.15, 0.2) is 0 Å². The molecule has 3 aromatic rings. The van der Waals surface area contributed by atoms with Gasteiger partial charge in [-0.3, -0.25) is 4.79 Å². The smallest absolute Gasteiger partial charge is 0.255 e. The summed E-state index contributed by atoms with van der Waals surface area (Å²) in [7, 11) is 1.89. The van der Waals surface area contributed by atoms with Crippen molar-refractivity contribution in [1.29, 1.82) is 0 Å². The van der Waals surface area contributed by atoms with E-state index in [-0.39, 0.29) is 5.91 Å². The minimum Gasteiger partial charge on any atom is -0.341 e. The largest absolute Gasteiger partial charge is 0.341 e. The Morgan fingerprint density at radius 1 is 1.39 bits per heavy atom. The molecular weight excluding hydrogens is 288 g/mol. The van der Waals surface area contributed by atoms with Gasteiger partial charge in [-0.05, 0) is 30.5 Å². The summed E-state index contributed by atoms with van der Waals surface area (Å²) in [5, 5.41) is 0. The molecule has 5 heteroatoms. The summed E-state index contributed by atoms with van der Waals surface area (Å²) >= 11 is 0. The fraction of sp³-hybridized carbons (Fsp3) is 0.333. The molecule has 4 heterocycles. The van der Waals surface area contributed by atoms with Crippen LogP contribution in [-0.4, -0.2) is 38.4 Å². The quantitative estimate of drug-likeness (QED) is 0.746. The van der Waals surface area contributed by atoms with Crippen LogP contribution in [0.25, 0.3) is 5.52 Å². The SMILES string of the molecule is CN(CC1CCn2ccnc2C1)C(=O)c1cc2ccccn2c1. The summed E-state index contributed by atoms with van der Waals surface area (Å²) in [6.07, 6.45) is 9.81. The predicted octanol–water partition coefficient (Wildman–Crippen LogP) is 2.47. The van der Waals surface area contributed by atoms with E-state index in [9.17, 15) is 4.79 Å². The van der Waals surface area contributed by atoms with Gasteiger partial charge in [0, 0.05) is 56.9 Å². The van der Waals surface area contributed by atoms with Crippen molar-refractivity contribution in [3.63, 3.8) is 0 Å². The van der Waals surface area contributed by atoms with Crippen molar-refractivity contribution in [2.75, 3.05) is 13.6 Å². The average Bonchev–Trinajstić information content (AvgIpc) is 3.19. The lowest BCUT2D eigenvalue weighted by Gasteiger charge is -2.27. The van der Waals surface area contributed by atoms with Crippen molar-refractivity contribution in [2.24, 2.45) is 5.92 Å². The van der Waals surface area contributed by atoms with Crippen LogP contribution in [-0.2, 0) is 13.0 Å². The second-order valence-corrected chi connectivity index (χ2v) is 6.34. The second-order valence-electron chi connectivity index (χ2n) is 6.34. The maximum Gasteiger partial charge on any atom is 0.255 e. The average molecular weight is 308 g/mol. The topological polar surface area (TPSA) is 42.5 Å². The first-order valence-electron chi connectivity index (χ1n) is 8.03. The molecule has 0 bridgehead atoms. The molecule has 23 heavy (non-hydrogen) atoms. The number of fused-ring (bicyclic) bond motifs is 2. The predicted molar refractivity (Wildman–Crippen MR) is 88.4 cm³/mol. The van der Waals surface area contributed by atoms with Crippen LogP contribution >= 0.6 is 0 Å². The van der Waals surface area contributed by atoms with Gasteiger partial charge < -0.3 is 13.9 Å². The van der Waals surface area contributed by atoms with E-state index in [4.69, 9.17) is 0 Å². The lowest BCUT2D eigenvalue weighted by atomic mass is 9.97. The number of carbonyl (C=O) groups is 1. The summed E-state index contributed by atoms with van der Waals surface area (Å²) in [6.45, 7) is 1.77. The summed E-state index contributed by atoms with van der Waals surface area (Å²) in [5.41, 5.74) is 1.79. The molecule has 118 valence electrons.